The third-order valence-corrected chi connectivity index (χ3v) is 4.42. The number of amides is 1. The first kappa shape index (κ1) is 13.9. The monoisotopic (exact) mass is 289 g/mol. The van der Waals surface area contributed by atoms with Crippen molar-refractivity contribution in [2.24, 2.45) is 0 Å². The average molecular weight is 289 g/mol. The number of methoxy groups -OCH3 is 1. The molecule has 5 nitrogen and oxygen atoms in total. The highest BCUT2D eigenvalue weighted by Gasteiger charge is 2.43. The summed E-state index contributed by atoms with van der Waals surface area (Å²) in [5, 5.41) is 0. The Hall–Kier alpha value is -2.04. The first-order valence-electron chi connectivity index (χ1n) is 7.19. The molecule has 2 aliphatic rings. The largest absolute Gasteiger partial charge is 0.497 e. The molecular weight excluding hydrogens is 270 g/mol. The van der Waals surface area contributed by atoms with E-state index in [4.69, 9.17) is 9.47 Å². The zero-order chi connectivity index (χ0) is 15.0. The van der Waals surface area contributed by atoms with Gasteiger partial charge >= 0.3 is 0 Å². The maximum atomic E-state index is 12.4. The van der Waals surface area contributed by atoms with Crippen LogP contribution in [0.15, 0.2) is 18.2 Å². The van der Waals surface area contributed by atoms with Gasteiger partial charge in [0, 0.05) is 38.9 Å². The molecule has 0 N–H and O–H groups in total. The highest BCUT2D eigenvalue weighted by molar-refractivity contribution is 6.00. The summed E-state index contributed by atoms with van der Waals surface area (Å²) in [7, 11) is 1.59. The number of piperidine rings is 1. The van der Waals surface area contributed by atoms with E-state index in [1.807, 2.05) is 0 Å². The van der Waals surface area contributed by atoms with Gasteiger partial charge < -0.3 is 14.4 Å². The molecule has 5 heteroatoms. The lowest BCUT2D eigenvalue weighted by Gasteiger charge is -2.43. The molecule has 1 spiro atoms. The van der Waals surface area contributed by atoms with E-state index in [2.05, 4.69) is 0 Å². The topological polar surface area (TPSA) is 55.8 Å². The van der Waals surface area contributed by atoms with Gasteiger partial charge in [0.25, 0.3) is 0 Å². The fourth-order valence-corrected chi connectivity index (χ4v) is 3.11. The van der Waals surface area contributed by atoms with Crippen LogP contribution in [0.5, 0.6) is 11.5 Å². The van der Waals surface area contributed by atoms with Crippen molar-refractivity contribution < 1.29 is 19.1 Å². The Kier molecular flexibility index (Phi) is 3.35. The zero-order valence-electron chi connectivity index (χ0n) is 12.3. The highest BCUT2D eigenvalue weighted by Crippen LogP contribution is 2.40. The van der Waals surface area contributed by atoms with Gasteiger partial charge in [-0.1, -0.05) is 0 Å². The van der Waals surface area contributed by atoms with Crippen molar-refractivity contribution in [3.8, 4) is 11.5 Å². The van der Waals surface area contributed by atoms with Gasteiger partial charge in [0.05, 0.1) is 19.1 Å². The Morgan fingerprint density at radius 3 is 2.67 bits per heavy atom. The molecule has 0 radical (unpaired) electrons. The second-order valence-electron chi connectivity index (χ2n) is 5.75. The van der Waals surface area contributed by atoms with Crippen molar-refractivity contribution >= 4 is 11.7 Å². The number of Topliss-reactive ketones (excluding diaryl/α,β-unsaturated/α-hetero) is 1. The first-order valence-corrected chi connectivity index (χ1v) is 7.19. The van der Waals surface area contributed by atoms with Gasteiger partial charge in [0.2, 0.25) is 5.91 Å². The third-order valence-electron chi connectivity index (χ3n) is 4.42. The van der Waals surface area contributed by atoms with Crippen LogP contribution in [0, 0.1) is 0 Å². The third kappa shape index (κ3) is 2.48. The van der Waals surface area contributed by atoms with Gasteiger partial charge in [-0.25, -0.2) is 0 Å². The van der Waals surface area contributed by atoms with Crippen LogP contribution in [0.2, 0.25) is 0 Å². The summed E-state index contributed by atoms with van der Waals surface area (Å²) >= 11 is 0. The average Bonchev–Trinajstić information content (AvgIpc) is 2.47. The maximum Gasteiger partial charge on any atom is 0.219 e. The maximum absolute atomic E-state index is 12.4. The van der Waals surface area contributed by atoms with Crippen LogP contribution in [-0.4, -0.2) is 42.4 Å². The molecule has 0 atom stereocenters. The lowest BCUT2D eigenvalue weighted by molar-refractivity contribution is -0.132. The van der Waals surface area contributed by atoms with Crippen molar-refractivity contribution in [3.63, 3.8) is 0 Å². The smallest absolute Gasteiger partial charge is 0.219 e. The molecule has 0 aromatic heterocycles. The van der Waals surface area contributed by atoms with Crippen LogP contribution in [0.25, 0.3) is 0 Å². The van der Waals surface area contributed by atoms with E-state index in [-0.39, 0.29) is 11.7 Å². The number of carbonyl (C=O) groups is 2. The fourth-order valence-electron chi connectivity index (χ4n) is 3.11. The SMILES string of the molecule is COc1ccc2c(c1)OC1(CCN(C(C)=O)CC1)CC2=O. The highest BCUT2D eigenvalue weighted by atomic mass is 16.5. The molecule has 0 unspecified atom stereocenters. The standard InChI is InChI=1S/C16H19NO4/c1-11(18)17-7-5-16(6-8-17)10-14(19)13-4-3-12(20-2)9-15(13)21-16/h3-4,9H,5-8,10H2,1-2H3. The fraction of sp³-hybridized carbons (Fsp3) is 0.500. The minimum absolute atomic E-state index is 0.0778. The molecule has 1 saturated heterocycles. The predicted molar refractivity (Wildman–Crippen MR) is 76.8 cm³/mol. The first-order chi connectivity index (χ1) is 10.0. The van der Waals surface area contributed by atoms with E-state index in [9.17, 15) is 9.59 Å². The van der Waals surface area contributed by atoms with Crippen molar-refractivity contribution in [3.05, 3.63) is 23.8 Å². The Bertz CT molecular complexity index is 588. The molecule has 3 rings (SSSR count). The van der Waals surface area contributed by atoms with Crippen LogP contribution in [0.3, 0.4) is 0 Å². The lowest BCUT2D eigenvalue weighted by Crippen LogP contribution is -2.51. The molecule has 1 amide bonds. The minimum atomic E-state index is -0.470. The summed E-state index contributed by atoms with van der Waals surface area (Å²) in [5.74, 6) is 1.46. The molecule has 2 aliphatic heterocycles. The van der Waals surface area contributed by atoms with Crippen LogP contribution in [0.4, 0.5) is 0 Å². The van der Waals surface area contributed by atoms with Crippen LogP contribution >= 0.6 is 0 Å². The number of nitrogens with zero attached hydrogens (tertiary/aromatic N) is 1. The molecule has 0 bridgehead atoms. The second kappa shape index (κ2) is 5.06. The number of hydrogen-bond donors (Lipinski definition) is 0. The lowest BCUT2D eigenvalue weighted by atomic mass is 9.82. The number of rotatable bonds is 1. The summed E-state index contributed by atoms with van der Waals surface area (Å²) in [6.07, 6.45) is 1.77. The number of fused-ring (bicyclic) bond motifs is 1. The minimum Gasteiger partial charge on any atom is -0.497 e. The number of benzene rings is 1. The Labute approximate surface area is 123 Å². The van der Waals surface area contributed by atoms with Gasteiger partial charge in [-0.05, 0) is 12.1 Å². The van der Waals surface area contributed by atoms with Crippen LogP contribution < -0.4 is 9.47 Å². The molecule has 112 valence electrons. The van der Waals surface area contributed by atoms with Crippen molar-refractivity contribution in [1.82, 2.24) is 4.90 Å². The molecule has 2 heterocycles. The molecule has 1 aromatic rings. The number of carbonyl (C=O) groups excluding carboxylic acids is 2. The van der Waals surface area contributed by atoms with E-state index in [1.165, 1.54) is 0 Å². The van der Waals surface area contributed by atoms with Crippen molar-refractivity contribution in [2.45, 2.75) is 31.8 Å². The van der Waals surface area contributed by atoms with Crippen LogP contribution in [-0.2, 0) is 4.79 Å². The summed E-state index contributed by atoms with van der Waals surface area (Å²) < 4.78 is 11.4. The predicted octanol–water partition coefficient (Wildman–Crippen LogP) is 2.04. The molecular formula is C16H19NO4. The number of ketones is 1. The molecule has 0 saturated carbocycles. The number of ether oxygens (including phenoxy) is 2. The Morgan fingerprint density at radius 2 is 2.05 bits per heavy atom. The summed E-state index contributed by atoms with van der Waals surface area (Å²) in [5.41, 5.74) is 0.151. The van der Waals surface area contributed by atoms with Crippen molar-refractivity contribution in [2.75, 3.05) is 20.2 Å². The molecule has 0 aliphatic carbocycles. The van der Waals surface area contributed by atoms with Crippen molar-refractivity contribution in [1.29, 1.82) is 0 Å². The molecule has 1 fully saturated rings. The Morgan fingerprint density at radius 1 is 1.33 bits per heavy atom. The number of hydrogen-bond acceptors (Lipinski definition) is 4. The van der Waals surface area contributed by atoms with E-state index >= 15 is 0 Å². The quantitative estimate of drug-likeness (QED) is 0.794. The van der Waals surface area contributed by atoms with Crippen LogP contribution in [0.1, 0.15) is 36.5 Å². The summed E-state index contributed by atoms with van der Waals surface area (Å²) in [6, 6.07) is 5.30. The molecule has 21 heavy (non-hydrogen) atoms. The normalized spacial score (nSPS) is 19.9. The summed E-state index contributed by atoms with van der Waals surface area (Å²) in [6.45, 7) is 2.86. The molecule has 1 aromatic carbocycles. The van der Waals surface area contributed by atoms with E-state index in [0.717, 1.165) is 0 Å². The van der Waals surface area contributed by atoms with Gasteiger partial charge in [-0.15, -0.1) is 0 Å². The van der Waals surface area contributed by atoms with Gasteiger partial charge in [0.1, 0.15) is 17.1 Å². The second-order valence-corrected chi connectivity index (χ2v) is 5.75. The Balaban J connectivity index is 1.84. The van der Waals surface area contributed by atoms with E-state index < -0.39 is 5.60 Å². The van der Waals surface area contributed by atoms with Gasteiger partial charge in [-0.3, -0.25) is 9.59 Å². The van der Waals surface area contributed by atoms with Gasteiger partial charge in [-0.2, -0.15) is 0 Å². The summed E-state index contributed by atoms with van der Waals surface area (Å²) in [4.78, 5) is 25.6. The van der Waals surface area contributed by atoms with E-state index in [0.29, 0.717) is 49.4 Å². The number of likely N-dealkylation sites (tertiary alicyclic amines) is 1. The van der Waals surface area contributed by atoms with Gasteiger partial charge in [0.15, 0.2) is 5.78 Å². The zero-order valence-corrected chi connectivity index (χ0v) is 12.3. The van der Waals surface area contributed by atoms with E-state index in [1.54, 1.807) is 37.1 Å².